The van der Waals surface area contributed by atoms with Gasteiger partial charge in [0.25, 0.3) is 0 Å². The van der Waals surface area contributed by atoms with Gasteiger partial charge in [-0.1, -0.05) is 20.8 Å². The minimum Gasteiger partial charge on any atom is -0.408 e. The molecular weight excluding hydrogens is 382 g/mol. The lowest BCUT2D eigenvalue weighted by atomic mass is 9.97. The number of hydrogen-bond acceptors (Lipinski definition) is 5. The molecule has 28 heavy (non-hydrogen) atoms. The quantitative estimate of drug-likeness (QED) is 0.810. The first-order valence-corrected chi connectivity index (χ1v) is 11.0. The van der Waals surface area contributed by atoms with Crippen molar-refractivity contribution in [2.75, 3.05) is 13.1 Å². The topological polar surface area (TPSA) is 102 Å². The summed E-state index contributed by atoms with van der Waals surface area (Å²) in [6.07, 6.45) is 1.85. The van der Waals surface area contributed by atoms with E-state index in [2.05, 4.69) is 11.6 Å². The molecule has 2 aromatic rings. The van der Waals surface area contributed by atoms with Crippen molar-refractivity contribution < 1.29 is 17.6 Å². The third-order valence-electron chi connectivity index (χ3n) is 5.38. The molecule has 1 saturated heterocycles. The molecule has 2 heterocycles. The van der Waals surface area contributed by atoms with E-state index in [1.165, 1.54) is 22.8 Å². The zero-order valence-corrected chi connectivity index (χ0v) is 17.5. The van der Waals surface area contributed by atoms with Crippen LogP contribution in [0.2, 0.25) is 0 Å². The van der Waals surface area contributed by atoms with Crippen LogP contribution in [0, 0.1) is 11.8 Å². The number of rotatable bonds is 5. The summed E-state index contributed by atoms with van der Waals surface area (Å²) < 4.78 is 34.8. The number of amides is 1. The fraction of sp³-hybridized carbons (Fsp3) is 0.579. The Morgan fingerprint density at radius 3 is 2.50 bits per heavy atom. The number of nitrogens with zero attached hydrogens (tertiary/aromatic N) is 2. The van der Waals surface area contributed by atoms with Crippen LogP contribution >= 0.6 is 0 Å². The zero-order valence-electron chi connectivity index (χ0n) is 16.6. The van der Waals surface area contributed by atoms with Crippen molar-refractivity contribution in [1.29, 1.82) is 0 Å². The highest BCUT2D eigenvalue weighted by atomic mass is 32.2. The standard InChI is InChI=1S/C19H27N3O5S/c1-12(2)17(18(23)22-9-7-13(3)8-10-22)20-28(25,26)14-5-6-15-16(11-14)27-19(24)21(15)4/h5-6,11-13,17,20H,7-10H2,1-4H3/t17-/m0/s1. The molecular formula is C19H27N3O5S. The van der Waals surface area contributed by atoms with Crippen LogP contribution in [0.5, 0.6) is 0 Å². The van der Waals surface area contributed by atoms with E-state index in [4.69, 9.17) is 4.42 Å². The molecule has 8 nitrogen and oxygen atoms in total. The minimum atomic E-state index is -3.96. The molecule has 0 bridgehead atoms. The average Bonchev–Trinajstić information content (AvgIpc) is 2.93. The van der Waals surface area contributed by atoms with Crippen molar-refractivity contribution >= 4 is 27.0 Å². The molecule has 0 aliphatic carbocycles. The molecule has 1 amide bonds. The highest BCUT2D eigenvalue weighted by molar-refractivity contribution is 7.89. The number of aryl methyl sites for hydroxylation is 1. The molecule has 0 unspecified atom stereocenters. The number of hydrogen-bond donors (Lipinski definition) is 1. The van der Waals surface area contributed by atoms with Crippen molar-refractivity contribution in [2.24, 2.45) is 18.9 Å². The van der Waals surface area contributed by atoms with Crippen LogP contribution in [0.3, 0.4) is 0 Å². The number of piperidine rings is 1. The van der Waals surface area contributed by atoms with E-state index in [-0.39, 0.29) is 22.3 Å². The molecule has 1 N–H and O–H groups in total. The SMILES string of the molecule is CC1CCN(C(=O)[C@@H](NS(=O)(=O)c2ccc3c(c2)oc(=O)n3C)C(C)C)CC1. The van der Waals surface area contributed by atoms with Gasteiger partial charge in [0.15, 0.2) is 5.58 Å². The minimum absolute atomic E-state index is 0.0416. The Morgan fingerprint density at radius 2 is 1.89 bits per heavy atom. The number of carbonyl (C=O) groups excluding carboxylic acids is 1. The second kappa shape index (κ2) is 7.71. The summed E-state index contributed by atoms with van der Waals surface area (Å²) in [6.45, 7) is 7.08. The molecule has 3 rings (SSSR count). The molecule has 1 aliphatic heterocycles. The van der Waals surface area contributed by atoms with Crippen LogP contribution in [0.25, 0.3) is 11.1 Å². The monoisotopic (exact) mass is 409 g/mol. The summed E-state index contributed by atoms with van der Waals surface area (Å²) in [5.74, 6) is -0.393. The largest absolute Gasteiger partial charge is 0.419 e. The number of aromatic nitrogens is 1. The summed E-state index contributed by atoms with van der Waals surface area (Å²) in [6, 6.07) is 3.39. The molecule has 154 valence electrons. The number of carbonyl (C=O) groups is 1. The summed E-state index contributed by atoms with van der Waals surface area (Å²) in [5.41, 5.74) is 0.690. The van der Waals surface area contributed by atoms with Crippen LogP contribution in [-0.4, -0.2) is 42.9 Å². The summed E-state index contributed by atoms with van der Waals surface area (Å²) in [4.78, 5) is 26.3. The van der Waals surface area contributed by atoms with Gasteiger partial charge in [0.05, 0.1) is 10.4 Å². The smallest absolute Gasteiger partial charge is 0.408 e. The van der Waals surface area contributed by atoms with Crippen LogP contribution in [0.4, 0.5) is 0 Å². The maximum Gasteiger partial charge on any atom is 0.419 e. The Labute approximate surface area is 164 Å². The van der Waals surface area contributed by atoms with E-state index in [0.29, 0.717) is 24.5 Å². The van der Waals surface area contributed by atoms with Gasteiger partial charge < -0.3 is 9.32 Å². The van der Waals surface area contributed by atoms with Gasteiger partial charge in [-0.15, -0.1) is 0 Å². The Balaban J connectivity index is 1.85. The van der Waals surface area contributed by atoms with Gasteiger partial charge in [-0.3, -0.25) is 9.36 Å². The number of nitrogens with one attached hydrogen (secondary N) is 1. The first-order valence-electron chi connectivity index (χ1n) is 9.51. The molecule has 1 aromatic carbocycles. The highest BCUT2D eigenvalue weighted by Crippen LogP contribution is 2.21. The number of likely N-dealkylation sites (tertiary alicyclic amines) is 1. The van der Waals surface area contributed by atoms with Crippen molar-refractivity contribution in [1.82, 2.24) is 14.2 Å². The van der Waals surface area contributed by atoms with E-state index >= 15 is 0 Å². The molecule has 0 radical (unpaired) electrons. The summed E-state index contributed by atoms with van der Waals surface area (Å²) in [5, 5.41) is 0. The number of oxazole rings is 1. The normalized spacial score (nSPS) is 17.4. The highest BCUT2D eigenvalue weighted by Gasteiger charge is 2.33. The average molecular weight is 410 g/mol. The predicted octanol–water partition coefficient (Wildman–Crippen LogP) is 1.69. The second-order valence-corrected chi connectivity index (χ2v) is 9.62. The Morgan fingerprint density at radius 1 is 1.25 bits per heavy atom. The predicted molar refractivity (Wildman–Crippen MR) is 105 cm³/mol. The maximum atomic E-state index is 13.0. The maximum absolute atomic E-state index is 13.0. The Hall–Kier alpha value is -2.13. The van der Waals surface area contributed by atoms with E-state index in [1.54, 1.807) is 11.9 Å². The lowest BCUT2D eigenvalue weighted by Gasteiger charge is -2.34. The van der Waals surface area contributed by atoms with Crippen LogP contribution in [0.15, 0.2) is 32.3 Å². The lowest BCUT2D eigenvalue weighted by Crippen LogP contribution is -2.52. The lowest BCUT2D eigenvalue weighted by molar-refractivity contribution is -0.135. The number of sulfonamides is 1. The first kappa shape index (κ1) is 20.6. The van der Waals surface area contributed by atoms with Gasteiger partial charge in [-0.25, -0.2) is 13.2 Å². The van der Waals surface area contributed by atoms with Crippen LogP contribution < -0.4 is 10.5 Å². The molecule has 0 saturated carbocycles. The van der Waals surface area contributed by atoms with Crippen molar-refractivity contribution in [3.8, 4) is 0 Å². The van der Waals surface area contributed by atoms with Gasteiger partial charge in [-0.05, 0) is 36.8 Å². The van der Waals surface area contributed by atoms with Crippen molar-refractivity contribution in [3.05, 3.63) is 28.7 Å². The van der Waals surface area contributed by atoms with E-state index in [0.717, 1.165) is 12.8 Å². The molecule has 1 fully saturated rings. The van der Waals surface area contributed by atoms with Crippen LogP contribution in [-0.2, 0) is 21.9 Å². The fourth-order valence-electron chi connectivity index (χ4n) is 3.41. The van der Waals surface area contributed by atoms with Crippen LogP contribution in [0.1, 0.15) is 33.6 Å². The summed E-state index contributed by atoms with van der Waals surface area (Å²) >= 11 is 0. The van der Waals surface area contributed by atoms with Gasteiger partial charge in [0.2, 0.25) is 15.9 Å². The van der Waals surface area contributed by atoms with Gasteiger partial charge in [-0.2, -0.15) is 4.72 Å². The van der Waals surface area contributed by atoms with E-state index in [1.807, 2.05) is 13.8 Å². The third kappa shape index (κ3) is 4.00. The van der Waals surface area contributed by atoms with E-state index < -0.39 is 21.8 Å². The van der Waals surface area contributed by atoms with Crippen molar-refractivity contribution in [2.45, 2.75) is 44.6 Å². The van der Waals surface area contributed by atoms with Gasteiger partial charge in [0.1, 0.15) is 6.04 Å². The molecule has 9 heteroatoms. The summed E-state index contributed by atoms with van der Waals surface area (Å²) in [7, 11) is -2.41. The number of benzene rings is 1. The van der Waals surface area contributed by atoms with Gasteiger partial charge in [0, 0.05) is 26.2 Å². The van der Waals surface area contributed by atoms with Crippen molar-refractivity contribution in [3.63, 3.8) is 0 Å². The zero-order chi connectivity index (χ0) is 20.6. The number of fused-ring (bicyclic) bond motifs is 1. The molecule has 1 atom stereocenters. The molecule has 1 aromatic heterocycles. The molecule has 1 aliphatic rings. The first-order chi connectivity index (χ1) is 13.1. The van der Waals surface area contributed by atoms with E-state index in [9.17, 15) is 18.0 Å². The second-order valence-electron chi connectivity index (χ2n) is 7.91. The van der Waals surface area contributed by atoms with Gasteiger partial charge >= 0.3 is 5.76 Å². The molecule has 0 spiro atoms. The Kier molecular flexibility index (Phi) is 5.67. The fourth-order valence-corrected chi connectivity index (χ4v) is 4.77. The Bertz CT molecular complexity index is 1030. The third-order valence-corrected chi connectivity index (χ3v) is 6.82.